The van der Waals surface area contributed by atoms with Gasteiger partial charge in [-0.25, -0.2) is 0 Å². The summed E-state index contributed by atoms with van der Waals surface area (Å²) in [7, 11) is 0. The summed E-state index contributed by atoms with van der Waals surface area (Å²) in [4.78, 5) is 0. The standard InChI is InChI=1S/C39H48O3/c1-37(2,3)31-22-25(13-16-34(31)40)19-28-11-10-12-29(20-26-14-17-35(41)32(23-26)38(4,5)6)30(28)21-27-15-18-36(42)33(24-27)39(7,8)9/h10-18,22-24,40-42H,19-21H2,1-9H3. The summed E-state index contributed by atoms with van der Waals surface area (Å²) in [6, 6.07) is 24.5. The van der Waals surface area contributed by atoms with Crippen LogP contribution in [0, 0.1) is 0 Å². The van der Waals surface area contributed by atoms with Gasteiger partial charge in [-0.05, 0) is 104 Å². The van der Waals surface area contributed by atoms with Crippen LogP contribution >= 0.6 is 0 Å². The van der Waals surface area contributed by atoms with Crippen LogP contribution in [0.25, 0.3) is 0 Å². The van der Waals surface area contributed by atoms with Crippen molar-refractivity contribution in [2.45, 2.75) is 97.8 Å². The monoisotopic (exact) mass is 564 g/mol. The molecular formula is C39H48O3. The van der Waals surface area contributed by atoms with Crippen LogP contribution in [0.1, 0.15) is 112 Å². The fourth-order valence-corrected chi connectivity index (χ4v) is 5.77. The highest BCUT2D eigenvalue weighted by atomic mass is 16.3. The van der Waals surface area contributed by atoms with Gasteiger partial charge in [0.15, 0.2) is 0 Å². The van der Waals surface area contributed by atoms with E-state index < -0.39 is 0 Å². The minimum Gasteiger partial charge on any atom is -0.508 e. The zero-order valence-electron chi connectivity index (χ0n) is 26.9. The zero-order chi connectivity index (χ0) is 31.0. The van der Waals surface area contributed by atoms with Crippen LogP contribution in [-0.4, -0.2) is 15.3 Å². The Hall–Kier alpha value is -3.72. The number of rotatable bonds is 6. The van der Waals surface area contributed by atoms with Crippen molar-refractivity contribution in [1.82, 2.24) is 0 Å². The summed E-state index contributed by atoms with van der Waals surface area (Å²) < 4.78 is 0. The molecule has 0 radical (unpaired) electrons. The Labute approximate surface area is 252 Å². The van der Waals surface area contributed by atoms with Crippen LogP contribution < -0.4 is 0 Å². The minimum atomic E-state index is -0.173. The van der Waals surface area contributed by atoms with Gasteiger partial charge >= 0.3 is 0 Å². The summed E-state index contributed by atoms with van der Waals surface area (Å²) in [6.45, 7) is 19.1. The molecule has 0 unspecified atom stereocenters. The van der Waals surface area contributed by atoms with Gasteiger partial charge < -0.3 is 15.3 Å². The number of benzene rings is 4. The molecule has 0 bridgehead atoms. The molecule has 0 aliphatic rings. The first-order chi connectivity index (χ1) is 19.4. The van der Waals surface area contributed by atoms with Gasteiger partial charge in [0.05, 0.1) is 0 Å². The van der Waals surface area contributed by atoms with E-state index >= 15 is 0 Å². The van der Waals surface area contributed by atoms with Gasteiger partial charge in [0, 0.05) is 0 Å². The van der Waals surface area contributed by atoms with Gasteiger partial charge in [-0.15, -0.1) is 0 Å². The summed E-state index contributed by atoms with van der Waals surface area (Å²) in [5.41, 5.74) is 9.61. The molecular weight excluding hydrogens is 516 g/mol. The van der Waals surface area contributed by atoms with E-state index in [1.807, 2.05) is 36.4 Å². The molecule has 0 aromatic heterocycles. The molecule has 0 heterocycles. The van der Waals surface area contributed by atoms with E-state index in [-0.39, 0.29) is 16.2 Å². The average molecular weight is 565 g/mol. The lowest BCUT2D eigenvalue weighted by molar-refractivity contribution is 0.445. The molecule has 42 heavy (non-hydrogen) atoms. The molecule has 0 fully saturated rings. The molecule has 0 saturated heterocycles. The molecule has 3 N–H and O–H groups in total. The van der Waals surface area contributed by atoms with Gasteiger partial charge in [-0.1, -0.05) is 117 Å². The first kappa shape index (κ1) is 31.2. The molecule has 0 aliphatic heterocycles. The Morgan fingerprint density at radius 3 is 1.05 bits per heavy atom. The van der Waals surface area contributed by atoms with E-state index in [0.29, 0.717) is 17.2 Å². The zero-order valence-corrected chi connectivity index (χ0v) is 26.9. The van der Waals surface area contributed by atoms with Crippen LogP contribution in [0.2, 0.25) is 0 Å². The largest absolute Gasteiger partial charge is 0.508 e. The van der Waals surface area contributed by atoms with Crippen LogP contribution in [0.5, 0.6) is 17.2 Å². The van der Waals surface area contributed by atoms with Gasteiger partial charge in [-0.3, -0.25) is 0 Å². The first-order valence-electron chi connectivity index (χ1n) is 15.0. The maximum absolute atomic E-state index is 10.6. The van der Waals surface area contributed by atoms with Crippen molar-refractivity contribution in [3.63, 3.8) is 0 Å². The van der Waals surface area contributed by atoms with Crippen LogP contribution in [0.3, 0.4) is 0 Å². The topological polar surface area (TPSA) is 60.7 Å². The maximum Gasteiger partial charge on any atom is 0.119 e. The fourth-order valence-electron chi connectivity index (χ4n) is 5.77. The van der Waals surface area contributed by atoms with Crippen molar-refractivity contribution >= 4 is 0 Å². The number of phenols is 3. The summed E-state index contributed by atoms with van der Waals surface area (Å²) >= 11 is 0. The second-order valence-corrected chi connectivity index (χ2v) is 14.9. The second-order valence-electron chi connectivity index (χ2n) is 14.9. The Morgan fingerprint density at radius 2 is 0.738 bits per heavy atom. The van der Waals surface area contributed by atoms with E-state index in [4.69, 9.17) is 0 Å². The smallest absolute Gasteiger partial charge is 0.119 e. The number of hydrogen-bond donors (Lipinski definition) is 3. The van der Waals surface area contributed by atoms with Crippen LogP contribution in [0.15, 0.2) is 72.8 Å². The van der Waals surface area contributed by atoms with E-state index in [0.717, 1.165) is 52.6 Å². The van der Waals surface area contributed by atoms with Crippen molar-refractivity contribution in [3.8, 4) is 17.2 Å². The third kappa shape index (κ3) is 7.18. The molecule has 4 rings (SSSR count). The third-order valence-corrected chi connectivity index (χ3v) is 8.15. The van der Waals surface area contributed by atoms with Gasteiger partial charge in [0.1, 0.15) is 17.2 Å². The van der Waals surface area contributed by atoms with Crippen molar-refractivity contribution < 1.29 is 15.3 Å². The Balaban J connectivity index is 1.82. The predicted octanol–water partition coefficient (Wildman–Crippen LogP) is 9.47. The van der Waals surface area contributed by atoms with Crippen molar-refractivity contribution in [2.24, 2.45) is 0 Å². The Morgan fingerprint density at radius 1 is 0.429 bits per heavy atom. The molecule has 0 amide bonds. The molecule has 0 aliphatic carbocycles. The molecule has 0 spiro atoms. The van der Waals surface area contributed by atoms with Gasteiger partial charge in [0.25, 0.3) is 0 Å². The average Bonchev–Trinajstić information content (AvgIpc) is 2.87. The lowest BCUT2D eigenvalue weighted by atomic mass is 9.82. The molecule has 0 saturated carbocycles. The highest BCUT2D eigenvalue weighted by Gasteiger charge is 2.22. The molecule has 0 atom stereocenters. The first-order valence-corrected chi connectivity index (χ1v) is 15.0. The summed E-state index contributed by atoms with van der Waals surface area (Å²) in [5, 5.41) is 31.8. The lowest BCUT2D eigenvalue weighted by Gasteiger charge is -2.23. The van der Waals surface area contributed by atoms with Crippen molar-refractivity contribution in [2.75, 3.05) is 0 Å². The maximum atomic E-state index is 10.6. The van der Waals surface area contributed by atoms with Crippen LogP contribution in [-0.2, 0) is 35.5 Å². The highest BCUT2D eigenvalue weighted by molar-refractivity contribution is 5.49. The minimum absolute atomic E-state index is 0.163. The third-order valence-electron chi connectivity index (χ3n) is 8.15. The van der Waals surface area contributed by atoms with E-state index in [2.05, 4.69) is 98.7 Å². The normalized spacial score (nSPS) is 12.5. The van der Waals surface area contributed by atoms with Gasteiger partial charge in [-0.2, -0.15) is 0 Å². The number of aromatic hydroxyl groups is 3. The van der Waals surface area contributed by atoms with E-state index in [9.17, 15) is 15.3 Å². The number of phenolic OH excluding ortho intramolecular Hbond substituents is 3. The molecule has 4 aromatic rings. The second kappa shape index (κ2) is 11.5. The van der Waals surface area contributed by atoms with Crippen molar-refractivity contribution in [3.05, 3.63) is 123 Å². The quantitative estimate of drug-likeness (QED) is 0.219. The molecule has 4 aromatic carbocycles. The van der Waals surface area contributed by atoms with E-state index in [1.54, 1.807) is 0 Å². The van der Waals surface area contributed by atoms with Crippen LogP contribution in [0.4, 0.5) is 0 Å². The Kier molecular flexibility index (Phi) is 8.56. The number of hydrogen-bond acceptors (Lipinski definition) is 3. The molecule has 3 nitrogen and oxygen atoms in total. The summed E-state index contributed by atoms with van der Waals surface area (Å²) in [6.07, 6.45) is 2.24. The van der Waals surface area contributed by atoms with Gasteiger partial charge in [0.2, 0.25) is 0 Å². The predicted molar refractivity (Wildman–Crippen MR) is 175 cm³/mol. The Bertz CT molecular complexity index is 1490. The summed E-state index contributed by atoms with van der Waals surface area (Å²) in [5.74, 6) is 0.999. The molecule has 222 valence electrons. The molecule has 3 heteroatoms. The SMILES string of the molecule is CC(C)(C)c1cc(Cc2cccc(Cc3ccc(O)c(C(C)(C)C)c3)c2Cc2ccc(O)c(C(C)(C)C)c2)ccc1O. The van der Waals surface area contributed by atoms with Crippen molar-refractivity contribution in [1.29, 1.82) is 0 Å². The highest BCUT2D eigenvalue weighted by Crippen LogP contribution is 2.36. The lowest BCUT2D eigenvalue weighted by Crippen LogP contribution is -2.13. The van der Waals surface area contributed by atoms with E-state index in [1.165, 1.54) is 16.7 Å². The fraction of sp³-hybridized carbons (Fsp3) is 0.385.